The maximum atomic E-state index is 8.89. The highest BCUT2D eigenvalue weighted by atomic mass is 16.5. The van der Waals surface area contributed by atoms with E-state index in [4.69, 9.17) is 9.52 Å². The number of aromatic hydroxyl groups is 1. The molecule has 1 heterocycles. The number of fused-ring (bicyclic) bond motifs is 1. The molecule has 1 N–H and O–H groups in total. The van der Waals surface area contributed by atoms with Crippen molar-refractivity contribution in [2.45, 2.75) is 7.43 Å². The average Bonchev–Trinajstić information content (AvgIpc) is 2.27. The van der Waals surface area contributed by atoms with Crippen LogP contribution < -0.4 is 0 Å². The second kappa shape index (κ2) is 2.66. The molecule has 2 nitrogen and oxygen atoms in total. The lowest BCUT2D eigenvalue weighted by molar-refractivity contribution is 0.346. The van der Waals surface area contributed by atoms with Crippen LogP contribution in [0.3, 0.4) is 0 Å². The maximum Gasteiger partial charge on any atom is 0.282 e. The Bertz CT molecular complexity index is 316. The number of para-hydroxylation sites is 1. The van der Waals surface area contributed by atoms with Crippen LogP contribution in [0.5, 0.6) is 5.95 Å². The van der Waals surface area contributed by atoms with E-state index in [1.165, 1.54) is 0 Å². The Morgan fingerprint density at radius 1 is 1.18 bits per heavy atom. The molecule has 11 heavy (non-hydrogen) atoms. The quantitative estimate of drug-likeness (QED) is 0.626. The topological polar surface area (TPSA) is 33.4 Å². The minimum absolute atomic E-state index is 0. The van der Waals surface area contributed by atoms with E-state index in [2.05, 4.69) is 0 Å². The smallest absolute Gasteiger partial charge is 0.282 e. The number of furan rings is 1. The third-order valence-corrected chi connectivity index (χ3v) is 1.41. The minimum Gasteiger partial charge on any atom is -0.481 e. The summed E-state index contributed by atoms with van der Waals surface area (Å²) in [5, 5.41) is 9.82. The van der Waals surface area contributed by atoms with E-state index in [1.807, 2.05) is 24.3 Å². The van der Waals surface area contributed by atoms with Crippen LogP contribution in [0.15, 0.2) is 34.7 Å². The van der Waals surface area contributed by atoms with Gasteiger partial charge in [0, 0.05) is 11.5 Å². The zero-order valence-electron chi connectivity index (χ0n) is 5.24. The summed E-state index contributed by atoms with van der Waals surface area (Å²) < 4.78 is 4.92. The van der Waals surface area contributed by atoms with Gasteiger partial charge in [-0.25, -0.2) is 0 Å². The first-order valence-electron chi connectivity index (χ1n) is 3.04. The third-order valence-electron chi connectivity index (χ3n) is 1.41. The summed E-state index contributed by atoms with van der Waals surface area (Å²) in [5.74, 6) is -0.0267. The molecule has 58 valence electrons. The van der Waals surface area contributed by atoms with Crippen molar-refractivity contribution in [2.75, 3.05) is 0 Å². The van der Waals surface area contributed by atoms with E-state index in [-0.39, 0.29) is 13.4 Å². The zero-order valence-corrected chi connectivity index (χ0v) is 5.24. The first-order valence-corrected chi connectivity index (χ1v) is 3.04. The van der Waals surface area contributed by atoms with Crippen LogP contribution in [0, 0.1) is 0 Å². The number of hydrogen-bond donors (Lipinski definition) is 1. The summed E-state index contributed by atoms with van der Waals surface area (Å²) in [6.45, 7) is 0. The first kappa shape index (κ1) is 7.66. The molecule has 0 amide bonds. The van der Waals surface area contributed by atoms with Gasteiger partial charge < -0.3 is 9.52 Å². The summed E-state index contributed by atoms with van der Waals surface area (Å²) in [4.78, 5) is 0. The minimum atomic E-state index is -0.0267. The van der Waals surface area contributed by atoms with Crippen LogP contribution in [-0.2, 0) is 0 Å². The molecule has 0 spiro atoms. The van der Waals surface area contributed by atoms with Crippen LogP contribution in [0.2, 0.25) is 0 Å². The van der Waals surface area contributed by atoms with Crippen molar-refractivity contribution >= 4 is 11.0 Å². The maximum absolute atomic E-state index is 8.89. The molecule has 0 unspecified atom stereocenters. The van der Waals surface area contributed by atoms with E-state index >= 15 is 0 Å². The fraction of sp³-hybridized carbons (Fsp3) is 0.111. The Labute approximate surface area is 65.1 Å². The molecule has 0 aliphatic carbocycles. The largest absolute Gasteiger partial charge is 0.481 e. The Morgan fingerprint density at radius 2 is 1.91 bits per heavy atom. The molecule has 1 aromatic heterocycles. The molecule has 2 heteroatoms. The van der Waals surface area contributed by atoms with Gasteiger partial charge in [-0.05, 0) is 6.07 Å². The van der Waals surface area contributed by atoms with E-state index in [9.17, 15) is 0 Å². The lowest BCUT2D eigenvalue weighted by atomic mass is 10.3. The van der Waals surface area contributed by atoms with Crippen molar-refractivity contribution in [1.29, 1.82) is 0 Å². The summed E-state index contributed by atoms with van der Waals surface area (Å²) in [7, 11) is 0. The Kier molecular flexibility index (Phi) is 1.85. The number of hydrogen-bond acceptors (Lipinski definition) is 2. The van der Waals surface area contributed by atoms with Crippen molar-refractivity contribution in [2.24, 2.45) is 0 Å². The van der Waals surface area contributed by atoms with Crippen molar-refractivity contribution in [1.82, 2.24) is 0 Å². The summed E-state index contributed by atoms with van der Waals surface area (Å²) >= 11 is 0. The van der Waals surface area contributed by atoms with Crippen molar-refractivity contribution in [3.05, 3.63) is 30.3 Å². The van der Waals surface area contributed by atoms with Gasteiger partial charge in [-0.2, -0.15) is 0 Å². The van der Waals surface area contributed by atoms with Crippen LogP contribution in [-0.4, -0.2) is 5.11 Å². The van der Waals surface area contributed by atoms with E-state index in [0.29, 0.717) is 0 Å². The average molecular weight is 150 g/mol. The predicted octanol–water partition coefficient (Wildman–Crippen LogP) is 2.77. The second-order valence-corrected chi connectivity index (χ2v) is 2.12. The van der Waals surface area contributed by atoms with Gasteiger partial charge >= 0.3 is 0 Å². The first-order chi connectivity index (χ1) is 4.86. The fourth-order valence-corrected chi connectivity index (χ4v) is 0.968. The molecule has 0 fully saturated rings. The molecule has 0 aliphatic rings. The Balaban J connectivity index is 0.000000605. The molecule has 0 atom stereocenters. The van der Waals surface area contributed by atoms with Gasteiger partial charge in [-0.15, -0.1) is 0 Å². The summed E-state index contributed by atoms with van der Waals surface area (Å²) in [6, 6.07) is 9.06. The van der Waals surface area contributed by atoms with Gasteiger partial charge in [0.15, 0.2) is 0 Å². The van der Waals surface area contributed by atoms with Crippen molar-refractivity contribution in [3.8, 4) is 5.95 Å². The molecule has 0 saturated heterocycles. The highest BCUT2D eigenvalue weighted by molar-refractivity contribution is 5.78. The van der Waals surface area contributed by atoms with Gasteiger partial charge in [-0.3, -0.25) is 0 Å². The molecule has 0 radical (unpaired) electrons. The zero-order chi connectivity index (χ0) is 6.97. The van der Waals surface area contributed by atoms with Gasteiger partial charge in [0.05, 0.1) is 0 Å². The van der Waals surface area contributed by atoms with Gasteiger partial charge in [0.1, 0.15) is 5.58 Å². The molecular formula is C9H10O2. The molecule has 0 bridgehead atoms. The monoisotopic (exact) mass is 150 g/mol. The molecular weight excluding hydrogens is 140 g/mol. The van der Waals surface area contributed by atoms with Crippen molar-refractivity contribution in [3.63, 3.8) is 0 Å². The van der Waals surface area contributed by atoms with Gasteiger partial charge in [0.2, 0.25) is 0 Å². The van der Waals surface area contributed by atoms with Crippen LogP contribution in [0.1, 0.15) is 7.43 Å². The molecule has 0 aliphatic heterocycles. The second-order valence-electron chi connectivity index (χ2n) is 2.12. The molecule has 0 saturated carbocycles. The summed E-state index contributed by atoms with van der Waals surface area (Å²) in [6.07, 6.45) is 0. The van der Waals surface area contributed by atoms with E-state index in [0.717, 1.165) is 11.0 Å². The molecule has 2 rings (SSSR count). The Hall–Kier alpha value is -1.44. The standard InChI is InChI=1S/C8H6O2.CH4/c9-8-5-6-3-1-2-4-7(6)10-8;/h1-5,9H;1H4. The van der Waals surface area contributed by atoms with Gasteiger partial charge in [0.25, 0.3) is 5.95 Å². The SMILES string of the molecule is C.Oc1cc2ccccc2o1. The highest BCUT2D eigenvalue weighted by Gasteiger charge is 1.97. The lowest BCUT2D eigenvalue weighted by Crippen LogP contribution is -1.57. The molecule has 2 aromatic rings. The number of rotatable bonds is 0. The van der Waals surface area contributed by atoms with Gasteiger partial charge in [-0.1, -0.05) is 25.6 Å². The van der Waals surface area contributed by atoms with Crippen molar-refractivity contribution < 1.29 is 9.52 Å². The highest BCUT2D eigenvalue weighted by Crippen LogP contribution is 2.22. The number of benzene rings is 1. The van der Waals surface area contributed by atoms with Crippen LogP contribution >= 0.6 is 0 Å². The Morgan fingerprint density at radius 3 is 2.64 bits per heavy atom. The van der Waals surface area contributed by atoms with Crippen LogP contribution in [0.4, 0.5) is 0 Å². The fourth-order valence-electron chi connectivity index (χ4n) is 0.968. The van der Waals surface area contributed by atoms with E-state index < -0.39 is 0 Å². The third kappa shape index (κ3) is 1.19. The lowest BCUT2D eigenvalue weighted by Gasteiger charge is -1.81. The normalized spacial score (nSPS) is 9.45. The predicted molar refractivity (Wildman–Crippen MR) is 44.6 cm³/mol. The molecule has 1 aromatic carbocycles. The summed E-state index contributed by atoms with van der Waals surface area (Å²) in [5.41, 5.74) is 0.722. The van der Waals surface area contributed by atoms with Crippen LogP contribution in [0.25, 0.3) is 11.0 Å². The van der Waals surface area contributed by atoms with E-state index in [1.54, 1.807) is 6.07 Å².